The lowest BCUT2D eigenvalue weighted by atomic mass is 9.93. The second-order valence-corrected chi connectivity index (χ2v) is 7.11. The van der Waals surface area contributed by atoms with Crippen molar-refractivity contribution in [3.8, 4) is 17.1 Å². The van der Waals surface area contributed by atoms with Gasteiger partial charge in [0, 0.05) is 18.7 Å². The smallest absolute Gasteiger partial charge is 0.191 e. The number of methoxy groups -OCH3 is 1. The van der Waals surface area contributed by atoms with Crippen molar-refractivity contribution in [3.63, 3.8) is 0 Å². The van der Waals surface area contributed by atoms with Gasteiger partial charge in [0.1, 0.15) is 18.1 Å². The summed E-state index contributed by atoms with van der Waals surface area (Å²) in [6, 6.07) is 7.60. The first-order valence-electron chi connectivity index (χ1n) is 10.3. The highest BCUT2D eigenvalue weighted by atomic mass is 127. The summed E-state index contributed by atoms with van der Waals surface area (Å²) in [5.74, 6) is 2.74. The number of aliphatic hydroxyl groups is 1. The summed E-state index contributed by atoms with van der Waals surface area (Å²) in [5.41, 5.74) is 0.194. The van der Waals surface area contributed by atoms with Crippen LogP contribution in [0.4, 0.5) is 0 Å². The second kappa shape index (κ2) is 13.4. The molecule has 0 radical (unpaired) electrons. The van der Waals surface area contributed by atoms with Gasteiger partial charge in [0.15, 0.2) is 11.8 Å². The summed E-state index contributed by atoms with van der Waals surface area (Å²) >= 11 is 0. The van der Waals surface area contributed by atoms with Crippen molar-refractivity contribution in [2.75, 3.05) is 20.2 Å². The van der Waals surface area contributed by atoms with E-state index in [1.54, 1.807) is 7.11 Å². The van der Waals surface area contributed by atoms with Crippen LogP contribution in [0.2, 0.25) is 0 Å². The Bertz CT molecular complexity index is 757. The first kappa shape index (κ1) is 26.2. The summed E-state index contributed by atoms with van der Waals surface area (Å²) < 4.78 is 5.18. The van der Waals surface area contributed by atoms with E-state index in [4.69, 9.17) is 4.74 Å². The summed E-state index contributed by atoms with van der Waals surface area (Å²) in [4.78, 5) is 9.09. The SMILES string of the molecule is CCCC(O)(CCC)CNC(=NCc1nc(-c2ccc(OC)cc2)n[nH]1)NCC.I. The Morgan fingerprint density at radius 3 is 2.37 bits per heavy atom. The molecule has 0 aliphatic heterocycles. The van der Waals surface area contributed by atoms with Gasteiger partial charge in [-0.05, 0) is 44.0 Å². The van der Waals surface area contributed by atoms with E-state index < -0.39 is 5.60 Å². The molecule has 8 nitrogen and oxygen atoms in total. The third kappa shape index (κ3) is 8.10. The topological polar surface area (TPSA) is 107 Å². The number of nitrogens with zero attached hydrogens (tertiary/aromatic N) is 3. The number of benzene rings is 1. The molecule has 1 aromatic heterocycles. The van der Waals surface area contributed by atoms with Gasteiger partial charge in [0.05, 0.1) is 12.7 Å². The van der Waals surface area contributed by atoms with Gasteiger partial charge >= 0.3 is 0 Å². The van der Waals surface area contributed by atoms with Crippen molar-refractivity contribution < 1.29 is 9.84 Å². The average Bonchev–Trinajstić information content (AvgIpc) is 3.19. The van der Waals surface area contributed by atoms with Crippen LogP contribution in [-0.4, -0.2) is 52.0 Å². The first-order valence-corrected chi connectivity index (χ1v) is 10.3. The molecule has 9 heteroatoms. The molecule has 0 aliphatic rings. The van der Waals surface area contributed by atoms with Crippen LogP contribution in [0.5, 0.6) is 5.75 Å². The molecular formula is C21H35IN6O2. The normalized spacial score (nSPS) is 11.7. The van der Waals surface area contributed by atoms with Gasteiger partial charge in [-0.3, -0.25) is 5.10 Å². The minimum atomic E-state index is -0.715. The van der Waals surface area contributed by atoms with E-state index in [-0.39, 0.29) is 24.0 Å². The lowest BCUT2D eigenvalue weighted by molar-refractivity contribution is 0.0257. The average molecular weight is 530 g/mol. The maximum atomic E-state index is 10.8. The van der Waals surface area contributed by atoms with E-state index in [2.05, 4.69) is 44.7 Å². The maximum Gasteiger partial charge on any atom is 0.191 e. The molecule has 0 fully saturated rings. The third-order valence-corrected chi connectivity index (χ3v) is 4.63. The zero-order chi connectivity index (χ0) is 21.1. The van der Waals surface area contributed by atoms with Gasteiger partial charge in [0.25, 0.3) is 0 Å². The summed E-state index contributed by atoms with van der Waals surface area (Å²) in [6.45, 7) is 7.75. The molecule has 2 aromatic rings. The van der Waals surface area contributed by atoms with Crippen LogP contribution in [-0.2, 0) is 6.54 Å². The van der Waals surface area contributed by atoms with Gasteiger partial charge in [-0.1, -0.05) is 26.7 Å². The van der Waals surface area contributed by atoms with Crippen LogP contribution >= 0.6 is 24.0 Å². The summed E-state index contributed by atoms with van der Waals surface area (Å²) in [5, 5.41) is 24.5. The molecule has 2 rings (SSSR count). The number of hydrogen-bond donors (Lipinski definition) is 4. The molecule has 0 bridgehead atoms. The lowest BCUT2D eigenvalue weighted by Gasteiger charge is -2.28. The fourth-order valence-electron chi connectivity index (χ4n) is 3.21. The van der Waals surface area contributed by atoms with Crippen LogP contribution in [0.1, 0.15) is 52.3 Å². The van der Waals surface area contributed by atoms with Crippen molar-refractivity contribution >= 4 is 29.9 Å². The number of aromatic nitrogens is 3. The van der Waals surface area contributed by atoms with Gasteiger partial charge in [0.2, 0.25) is 0 Å². The van der Waals surface area contributed by atoms with Crippen LogP contribution in [0.15, 0.2) is 29.3 Å². The van der Waals surface area contributed by atoms with Crippen molar-refractivity contribution in [2.45, 2.75) is 58.6 Å². The molecule has 168 valence electrons. The van der Waals surface area contributed by atoms with Gasteiger partial charge in [-0.25, -0.2) is 9.98 Å². The highest BCUT2D eigenvalue weighted by molar-refractivity contribution is 14.0. The third-order valence-electron chi connectivity index (χ3n) is 4.63. The molecule has 0 saturated heterocycles. The first-order chi connectivity index (χ1) is 14.0. The van der Waals surface area contributed by atoms with Crippen molar-refractivity contribution in [1.29, 1.82) is 0 Å². The highest BCUT2D eigenvalue weighted by Gasteiger charge is 2.24. The Kier molecular flexibility index (Phi) is 11.7. The van der Waals surface area contributed by atoms with Crippen LogP contribution < -0.4 is 15.4 Å². The molecule has 0 spiro atoms. The molecule has 1 aromatic carbocycles. The van der Waals surface area contributed by atoms with E-state index in [0.29, 0.717) is 30.7 Å². The van der Waals surface area contributed by atoms with E-state index in [9.17, 15) is 5.11 Å². The van der Waals surface area contributed by atoms with Crippen molar-refractivity contribution in [1.82, 2.24) is 25.8 Å². The number of rotatable bonds is 11. The van der Waals surface area contributed by atoms with Gasteiger partial charge in [-0.2, -0.15) is 5.10 Å². The monoisotopic (exact) mass is 530 g/mol. The zero-order valence-corrected chi connectivity index (χ0v) is 20.7. The molecule has 4 N–H and O–H groups in total. The van der Waals surface area contributed by atoms with Crippen molar-refractivity contribution in [2.24, 2.45) is 4.99 Å². The lowest BCUT2D eigenvalue weighted by Crippen LogP contribution is -2.47. The fraction of sp³-hybridized carbons (Fsp3) is 0.571. The molecule has 0 aliphatic carbocycles. The number of aromatic amines is 1. The van der Waals surface area contributed by atoms with Crippen LogP contribution in [0.25, 0.3) is 11.4 Å². The predicted octanol–water partition coefficient (Wildman–Crippen LogP) is 3.48. The Morgan fingerprint density at radius 2 is 1.80 bits per heavy atom. The Morgan fingerprint density at radius 1 is 1.13 bits per heavy atom. The van der Waals surface area contributed by atoms with E-state index in [0.717, 1.165) is 43.5 Å². The molecular weight excluding hydrogens is 495 g/mol. The standard InChI is InChI=1S/C21H34N6O2.HI/c1-5-12-21(28,13-6-2)15-24-20(22-7-3)23-14-18-25-19(27-26-18)16-8-10-17(29-4)11-9-16;/h8-11,28H,5-7,12-15H2,1-4H3,(H2,22,23,24)(H,25,26,27);1H. The number of guanidine groups is 1. The summed E-state index contributed by atoms with van der Waals surface area (Å²) in [7, 11) is 1.64. The Labute approximate surface area is 196 Å². The number of halogens is 1. The minimum Gasteiger partial charge on any atom is -0.497 e. The molecule has 0 atom stereocenters. The van der Waals surface area contributed by atoms with Gasteiger partial charge in [-0.15, -0.1) is 24.0 Å². The van der Waals surface area contributed by atoms with Gasteiger partial charge < -0.3 is 20.5 Å². The number of hydrogen-bond acceptors (Lipinski definition) is 5. The number of H-pyrrole nitrogens is 1. The Balaban J connectivity index is 0.00000450. The van der Waals surface area contributed by atoms with Crippen molar-refractivity contribution in [3.05, 3.63) is 30.1 Å². The molecule has 0 saturated carbocycles. The molecule has 30 heavy (non-hydrogen) atoms. The predicted molar refractivity (Wildman–Crippen MR) is 131 cm³/mol. The minimum absolute atomic E-state index is 0. The van der Waals surface area contributed by atoms with E-state index in [1.165, 1.54) is 0 Å². The number of nitrogens with one attached hydrogen (secondary N) is 3. The zero-order valence-electron chi connectivity index (χ0n) is 18.4. The number of aliphatic imine (C=N–C) groups is 1. The van der Waals surface area contributed by atoms with E-state index in [1.807, 2.05) is 31.2 Å². The largest absolute Gasteiger partial charge is 0.497 e. The molecule has 0 amide bonds. The van der Waals surface area contributed by atoms with E-state index >= 15 is 0 Å². The highest BCUT2D eigenvalue weighted by Crippen LogP contribution is 2.19. The molecule has 1 heterocycles. The quantitative estimate of drug-likeness (QED) is 0.201. The second-order valence-electron chi connectivity index (χ2n) is 7.11. The maximum absolute atomic E-state index is 10.8. The fourth-order valence-corrected chi connectivity index (χ4v) is 3.21. The Hall–Kier alpha value is -1.88. The van der Waals surface area contributed by atoms with Crippen LogP contribution in [0.3, 0.4) is 0 Å². The summed E-state index contributed by atoms with van der Waals surface area (Å²) in [6.07, 6.45) is 3.41. The number of ether oxygens (including phenoxy) is 1. The van der Waals surface area contributed by atoms with Crippen LogP contribution in [0, 0.1) is 0 Å². The molecule has 0 unspecified atom stereocenters.